The molecule has 0 spiro atoms. The lowest BCUT2D eigenvalue weighted by atomic mass is 9.89. The predicted molar refractivity (Wildman–Crippen MR) is 54.3 cm³/mol. The van der Waals surface area contributed by atoms with Crippen LogP contribution in [0.3, 0.4) is 0 Å². The smallest absolute Gasteiger partial charge is 0.303 e. The summed E-state index contributed by atoms with van der Waals surface area (Å²) in [5.74, 6) is -0.633. The molecule has 1 N–H and O–H groups in total. The van der Waals surface area contributed by atoms with Crippen LogP contribution in [0.1, 0.15) is 38.5 Å². The molecule has 0 aromatic rings. The minimum Gasteiger partial charge on any atom is -0.481 e. The molecule has 0 radical (unpaired) electrons. The molecule has 15 heavy (non-hydrogen) atoms. The lowest BCUT2D eigenvalue weighted by molar-refractivity contribution is -0.141. The topological polar surface area (TPSA) is 57.6 Å². The fraction of sp³-hybridized carbons (Fsp3) is 0.818. The number of fused-ring (bicyclic) bond motifs is 1. The number of carboxylic acids is 1. The predicted octanol–water partition coefficient (Wildman–Crippen LogP) is 1.25. The Hall–Kier alpha value is -1.06. The van der Waals surface area contributed by atoms with Gasteiger partial charge >= 0.3 is 5.97 Å². The molecule has 0 aliphatic carbocycles. The van der Waals surface area contributed by atoms with E-state index in [1.54, 1.807) is 0 Å². The van der Waals surface area contributed by atoms with Crippen LogP contribution in [0, 0.1) is 5.92 Å². The van der Waals surface area contributed by atoms with Crippen LogP contribution >= 0.6 is 0 Å². The van der Waals surface area contributed by atoms with E-state index in [2.05, 4.69) is 0 Å². The zero-order chi connectivity index (χ0) is 10.8. The molecule has 1 amide bonds. The van der Waals surface area contributed by atoms with Gasteiger partial charge in [0.05, 0.1) is 0 Å². The molecular formula is C11H17NO3. The number of aliphatic carboxylic acids is 1. The molecular weight excluding hydrogens is 194 g/mol. The quantitative estimate of drug-likeness (QED) is 0.764. The van der Waals surface area contributed by atoms with Crippen molar-refractivity contribution >= 4 is 11.9 Å². The van der Waals surface area contributed by atoms with Crippen LogP contribution in [-0.2, 0) is 9.59 Å². The number of carbonyl (C=O) groups is 2. The molecule has 0 aromatic heterocycles. The molecule has 0 saturated carbocycles. The molecule has 4 nitrogen and oxygen atoms in total. The van der Waals surface area contributed by atoms with Gasteiger partial charge in [-0.2, -0.15) is 0 Å². The Kier molecular flexibility index (Phi) is 2.93. The Morgan fingerprint density at radius 2 is 2.20 bits per heavy atom. The molecule has 2 atom stereocenters. The van der Waals surface area contributed by atoms with Crippen LogP contribution in [0.4, 0.5) is 0 Å². The maximum atomic E-state index is 12.0. The zero-order valence-corrected chi connectivity index (χ0v) is 8.82. The van der Waals surface area contributed by atoms with E-state index in [1.165, 1.54) is 0 Å². The third-order valence-electron chi connectivity index (χ3n) is 3.56. The summed E-state index contributed by atoms with van der Waals surface area (Å²) in [5, 5.41) is 8.59. The van der Waals surface area contributed by atoms with Crippen LogP contribution in [-0.4, -0.2) is 34.5 Å². The molecule has 2 aliphatic heterocycles. The van der Waals surface area contributed by atoms with Gasteiger partial charge in [0.15, 0.2) is 0 Å². The summed E-state index contributed by atoms with van der Waals surface area (Å²) in [4.78, 5) is 24.4. The van der Waals surface area contributed by atoms with Crippen molar-refractivity contribution in [3.63, 3.8) is 0 Å². The summed E-state index contributed by atoms with van der Waals surface area (Å²) in [7, 11) is 0. The lowest BCUT2D eigenvalue weighted by Gasteiger charge is -2.34. The number of carboxylic acid groups (broad SMARTS) is 1. The number of hydrogen-bond donors (Lipinski definition) is 1. The van der Waals surface area contributed by atoms with Gasteiger partial charge in [-0.15, -0.1) is 0 Å². The minimum absolute atomic E-state index is 0.0320. The van der Waals surface area contributed by atoms with Gasteiger partial charge in [-0.1, -0.05) is 0 Å². The maximum Gasteiger partial charge on any atom is 0.303 e. The normalized spacial score (nSPS) is 30.4. The SMILES string of the molecule is O=C(O)CCC1CCC2CCCN2C1=O. The third kappa shape index (κ3) is 2.13. The van der Waals surface area contributed by atoms with Gasteiger partial charge < -0.3 is 10.0 Å². The largest absolute Gasteiger partial charge is 0.481 e. The first-order chi connectivity index (χ1) is 7.18. The van der Waals surface area contributed by atoms with Gasteiger partial charge in [-0.25, -0.2) is 0 Å². The Morgan fingerprint density at radius 1 is 1.40 bits per heavy atom. The second-order valence-electron chi connectivity index (χ2n) is 4.53. The van der Waals surface area contributed by atoms with Gasteiger partial charge in [0.2, 0.25) is 5.91 Å². The van der Waals surface area contributed by atoms with E-state index in [9.17, 15) is 9.59 Å². The lowest BCUT2D eigenvalue weighted by Crippen LogP contribution is -2.44. The average Bonchev–Trinajstić information content (AvgIpc) is 2.65. The van der Waals surface area contributed by atoms with Crippen molar-refractivity contribution in [3.8, 4) is 0 Å². The Morgan fingerprint density at radius 3 is 2.93 bits per heavy atom. The summed E-state index contributed by atoms with van der Waals surface area (Å²) in [6, 6.07) is 0.457. The number of carbonyl (C=O) groups excluding carboxylic acids is 1. The Balaban J connectivity index is 1.91. The van der Waals surface area contributed by atoms with E-state index in [-0.39, 0.29) is 18.2 Å². The van der Waals surface area contributed by atoms with E-state index in [0.29, 0.717) is 12.5 Å². The highest BCUT2D eigenvalue weighted by atomic mass is 16.4. The van der Waals surface area contributed by atoms with E-state index >= 15 is 0 Å². The van der Waals surface area contributed by atoms with Crippen LogP contribution in [0.2, 0.25) is 0 Å². The summed E-state index contributed by atoms with van der Waals surface area (Å²) < 4.78 is 0. The summed E-state index contributed by atoms with van der Waals surface area (Å²) in [5.41, 5.74) is 0. The summed E-state index contributed by atoms with van der Waals surface area (Å²) >= 11 is 0. The summed E-state index contributed by atoms with van der Waals surface area (Å²) in [6.07, 6.45) is 4.83. The van der Waals surface area contributed by atoms with E-state index < -0.39 is 5.97 Å². The second kappa shape index (κ2) is 4.21. The van der Waals surface area contributed by atoms with Gasteiger partial charge in [0.1, 0.15) is 0 Å². The van der Waals surface area contributed by atoms with Crippen LogP contribution < -0.4 is 0 Å². The van der Waals surface area contributed by atoms with E-state index in [4.69, 9.17) is 5.11 Å². The first-order valence-corrected chi connectivity index (χ1v) is 5.71. The van der Waals surface area contributed by atoms with Crippen LogP contribution in [0.5, 0.6) is 0 Å². The third-order valence-corrected chi connectivity index (χ3v) is 3.56. The molecule has 2 fully saturated rings. The van der Waals surface area contributed by atoms with Gasteiger partial charge in [-0.05, 0) is 32.1 Å². The van der Waals surface area contributed by atoms with Crippen molar-refractivity contribution in [3.05, 3.63) is 0 Å². The highest BCUT2D eigenvalue weighted by molar-refractivity contribution is 5.81. The molecule has 2 unspecified atom stereocenters. The minimum atomic E-state index is -0.800. The molecule has 0 aromatic carbocycles. The first kappa shape index (κ1) is 10.5. The molecule has 0 bridgehead atoms. The van der Waals surface area contributed by atoms with Crippen molar-refractivity contribution in [1.29, 1.82) is 0 Å². The van der Waals surface area contributed by atoms with E-state index in [1.807, 2.05) is 4.90 Å². The van der Waals surface area contributed by atoms with Crippen LogP contribution in [0.15, 0.2) is 0 Å². The van der Waals surface area contributed by atoms with Crippen molar-refractivity contribution in [2.45, 2.75) is 44.6 Å². The molecule has 2 rings (SSSR count). The van der Waals surface area contributed by atoms with Crippen molar-refractivity contribution in [2.24, 2.45) is 5.92 Å². The highest BCUT2D eigenvalue weighted by Crippen LogP contribution is 2.32. The summed E-state index contributed by atoms with van der Waals surface area (Å²) in [6.45, 7) is 0.882. The molecule has 84 valence electrons. The Labute approximate surface area is 89.3 Å². The van der Waals surface area contributed by atoms with Crippen molar-refractivity contribution in [1.82, 2.24) is 4.90 Å². The number of amides is 1. The number of hydrogen-bond acceptors (Lipinski definition) is 2. The maximum absolute atomic E-state index is 12.0. The molecule has 2 aliphatic rings. The van der Waals surface area contributed by atoms with Gasteiger partial charge in [0, 0.05) is 24.9 Å². The molecule has 2 heterocycles. The monoisotopic (exact) mass is 211 g/mol. The fourth-order valence-corrected chi connectivity index (χ4v) is 2.74. The van der Waals surface area contributed by atoms with Gasteiger partial charge in [-0.3, -0.25) is 9.59 Å². The number of nitrogens with zero attached hydrogens (tertiary/aromatic N) is 1. The van der Waals surface area contributed by atoms with E-state index in [0.717, 1.165) is 32.2 Å². The number of rotatable bonds is 3. The average molecular weight is 211 g/mol. The fourth-order valence-electron chi connectivity index (χ4n) is 2.74. The molecule has 2 saturated heterocycles. The van der Waals surface area contributed by atoms with Crippen molar-refractivity contribution < 1.29 is 14.7 Å². The Bertz CT molecular complexity index is 277. The first-order valence-electron chi connectivity index (χ1n) is 5.71. The second-order valence-corrected chi connectivity index (χ2v) is 4.53. The van der Waals surface area contributed by atoms with Gasteiger partial charge in [0.25, 0.3) is 0 Å². The van der Waals surface area contributed by atoms with Crippen LogP contribution in [0.25, 0.3) is 0 Å². The zero-order valence-electron chi connectivity index (χ0n) is 8.82. The number of piperidine rings is 1. The highest BCUT2D eigenvalue weighted by Gasteiger charge is 2.37. The standard InChI is InChI=1S/C11H17NO3/c13-10(14)6-4-8-3-5-9-2-1-7-12(9)11(8)15/h8-9H,1-7H2,(H,13,14). The van der Waals surface area contributed by atoms with Crippen molar-refractivity contribution in [2.75, 3.05) is 6.54 Å². The molecule has 4 heteroatoms.